The van der Waals surface area contributed by atoms with Gasteiger partial charge in [-0.05, 0) is 31.7 Å². The lowest BCUT2D eigenvalue weighted by atomic mass is 9.94. The minimum absolute atomic E-state index is 0.0621. The van der Waals surface area contributed by atoms with Gasteiger partial charge in [-0.3, -0.25) is 9.59 Å². The van der Waals surface area contributed by atoms with Crippen LogP contribution in [0.3, 0.4) is 0 Å². The Labute approximate surface area is 191 Å². The standard InChI is InChI=1S/C20H21ClF3N5O2S/c21-14-10-13(20(22,23)24)11-26-16(14)28-7-3-12(4-8-28)18(31)29-6-1-2-15(29)17(30)27-19-25-5-9-32-19/h5,9-12,15H,1-4,6-8H2,(H,25,27,30). The highest BCUT2D eigenvalue weighted by molar-refractivity contribution is 7.13. The number of anilines is 2. The first kappa shape index (κ1) is 22.8. The summed E-state index contributed by atoms with van der Waals surface area (Å²) in [6, 6.07) is 0.354. The summed E-state index contributed by atoms with van der Waals surface area (Å²) in [7, 11) is 0. The molecule has 0 aromatic carbocycles. The van der Waals surface area contributed by atoms with E-state index >= 15 is 0 Å². The zero-order valence-corrected chi connectivity index (χ0v) is 18.5. The summed E-state index contributed by atoms with van der Waals surface area (Å²) in [5.74, 6) is -0.267. The number of pyridine rings is 1. The van der Waals surface area contributed by atoms with Crippen LogP contribution in [-0.4, -0.2) is 52.4 Å². The van der Waals surface area contributed by atoms with Crippen LogP contribution in [0.1, 0.15) is 31.2 Å². The number of halogens is 4. The first-order valence-electron chi connectivity index (χ1n) is 10.2. The molecule has 1 atom stereocenters. The first-order chi connectivity index (χ1) is 15.2. The summed E-state index contributed by atoms with van der Waals surface area (Å²) in [4.78, 5) is 37.2. The maximum absolute atomic E-state index is 13.1. The molecule has 2 amide bonds. The van der Waals surface area contributed by atoms with Gasteiger partial charge in [0.25, 0.3) is 0 Å². The number of carbonyl (C=O) groups is 2. The van der Waals surface area contributed by atoms with E-state index in [1.807, 2.05) is 0 Å². The summed E-state index contributed by atoms with van der Waals surface area (Å²) >= 11 is 7.37. The van der Waals surface area contributed by atoms with Crippen molar-refractivity contribution in [2.75, 3.05) is 29.9 Å². The maximum atomic E-state index is 13.1. The van der Waals surface area contributed by atoms with Crippen molar-refractivity contribution in [1.82, 2.24) is 14.9 Å². The van der Waals surface area contributed by atoms with Crippen LogP contribution >= 0.6 is 22.9 Å². The minimum Gasteiger partial charge on any atom is -0.355 e. The van der Waals surface area contributed by atoms with Crippen molar-refractivity contribution in [1.29, 1.82) is 0 Å². The third-order valence-corrected chi connectivity index (χ3v) is 6.76. The molecule has 12 heteroatoms. The van der Waals surface area contributed by atoms with Crippen LogP contribution in [0.4, 0.5) is 24.1 Å². The van der Waals surface area contributed by atoms with E-state index in [4.69, 9.17) is 11.6 Å². The van der Waals surface area contributed by atoms with Crippen LogP contribution in [0.25, 0.3) is 0 Å². The highest BCUT2D eigenvalue weighted by Crippen LogP contribution is 2.35. The van der Waals surface area contributed by atoms with Gasteiger partial charge in [-0.25, -0.2) is 9.97 Å². The summed E-state index contributed by atoms with van der Waals surface area (Å²) in [6.07, 6.45) is 0.243. The third-order valence-electron chi connectivity index (χ3n) is 5.79. The Morgan fingerprint density at radius 3 is 2.53 bits per heavy atom. The molecule has 0 radical (unpaired) electrons. The van der Waals surface area contributed by atoms with Gasteiger partial charge in [0.05, 0.1) is 10.6 Å². The zero-order chi connectivity index (χ0) is 22.9. The molecule has 1 unspecified atom stereocenters. The van der Waals surface area contributed by atoms with Crippen LogP contribution in [-0.2, 0) is 15.8 Å². The highest BCUT2D eigenvalue weighted by Gasteiger charge is 2.39. The molecule has 0 aliphatic carbocycles. The van der Waals surface area contributed by atoms with Crippen molar-refractivity contribution in [2.45, 2.75) is 37.9 Å². The lowest BCUT2D eigenvalue weighted by Crippen LogP contribution is -2.48. The summed E-state index contributed by atoms with van der Waals surface area (Å²) in [5.41, 5.74) is -0.896. The fourth-order valence-corrected chi connectivity index (χ4v) is 4.99. The van der Waals surface area contributed by atoms with Crippen molar-refractivity contribution in [3.05, 3.63) is 34.4 Å². The normalized spacial score (nSPS) is 19.9. The lowest BCUT2D eigenvalue weighted by Gasteiger charge is -2.35. The fourth-order valence-electron chi connectivity index (χ4n) is 4.17. The number of rotatable bonds is 4. The number of likely N-dealkylation sites (tertiary alicyclic amines) is 1. The van der Waals surface area contributed by atoms with E-state index in [0.717, 1.165) is 18.7 Å². The van der Waals surface area contributed by atoms with Crippen molar-refractivity contribution in [3.63, 3.8) is 0 Å². The Hall–Kier alpha value is -2.40. The molecule has 172 valence electrons. The van der Waals surface area contributed by atoms with E-state index in [1.54, 1.807) is 21.4 Å². The van der Waals surface area contributed by atoms with Crippen molar-refractivity contribution in [2.24, 2.45) is 5.92 Å². The van der Waals surface area contributed by atoms with Crippen molar-refractivity contribution in [3.8, 4) is 0 Å². The summed E-state index contributed by atoms with van der Waals surface area (Å²) in [6.45, 7) is 1.41. The largest absolute Gasteiger partial charge is 0.417 e. The Morgan fingerprint density at radius 2 is 1.91 bits per heavy atom. The Bertz CT molecular complexity index is 980. The Balaban J connectivity index is 1.36. The molecular weight excluding hydrogens is 467 g/mol. The predicted octanol–water partition coefficient (Wildman–Crippen LogP) is 4.06. The maximum Gasteiger partial charge on any atom is 0.417 e. The van der Waals surface area contributed by atoms with Gasteiger partial charge in [0.15, 0.2) is 5.13 Å². The Morgan fingerprint density at radius 1 is 1.16 bits per heavy atom. The van der Waals surface area contributed by atoms with E-state index < -0.39 is 17.8 Å². The van der Waals surface area contributed by atoms with Gasteiger partial charge < -0.3 is 15.1 Å². The molecule has 2 fully saturated rings. The second-order valence-electron chi connectivity index (χ2n) is 7.80. The molecule has 32 heavy (non-hydrogen) atoms. The first-order valence-corrected chi connectivity index (χ1v) is 11.5. The molecule has 2 aromatic rings. The Kier molecular flexibility index (Phi) is 6.57. The molecule has 0 bridgehead atoms. The molecule has 4 rings (SSSR count). The van der Waals surface area contributed by atoms with Gasteiger partial charge in [0.2, 0.25) is 11.8 Å². The molecule has 4 heterocycles. The molecule has 2 aliphatic rings. The van der Waals surface area contributed by atoms with E-state index in [9.17, 15) is 22.8 Å². The fraction of sp³-hybridized carbons (Fsp3) is 0.500. The molecule has 0 saturated carbocycles. The van der Waals surface area contributed by atoms with E-state index in [2.05, 4.69) is 15.3 Å². The van der Waals surface area contributed by atoms with Crippen LogP contribution in [0, 0.1) is 5.92 Å². The number of nitrogens with one attached hydrogen (secondary N) is 1. The number of amides is 2. The van der Waals surface area contributed by atoms with Gasteiger partial charge in [-0.1, -0.05) is 11.6 Å². The smallest absolute Gasteiger partial charge is 0.355 e. The average molecular weight is 488 g/mol. The summed E-state index contributed by atoms with van der Waals surface area (Å²) in [5, 5.41) is 4.96. The van der Waals surface area contributed by atoms with Gasteiger partial charge in [-0.15, -0.1) is 11.3 Å². The number of nitrogens with zero attached hydrogens (tertiary/aromatic N) is 4. The second-order valence-corrected chi connectivity index (χ2v) is 9.11. The topological polar surface area (TPSA) is 78.4 Å². The third kappa shape index (κ3) is 4.83. The predicted molar refractivity (Wildman–Crippen MR) is 115 cm³/mol. The van der Waals surface area contributed by atoms with Gasteiger partial charge in [-0.2, -0.15) is 13.2 Å². The number of thiazole rings is 1. The molecule has 2 saturated heterocycles. The van der Waals surface area contributed by atoms with Crippen LogP contribution in [0.5, 0.6) is 0 Å². The van der Waals surface area contributed by atoms with E-state index in [0.29, 0.717) is 44.0 Å². The molecular formula is C20H21ClF3N5O2S. The van der Waals surface area contributed by atoms with Gasteiger partial charge in [0, 0.05) is 43.3 Å². The minimum atomic E-state index is -4.51. The average Bonchev–Trinajstić information content (AvgIpc) is 3.45. The highest BCUT2D eigenvalue weighted by atomic mass is 35.5. The molecule has 0 spiro atoms. The number of hydrogen-bond acceptors (Lipinski definition) is 6. The number of piperidine rings is 1. The molecule has 2 aliphatic heterocycles. The van der Waals surface area contributed by atoms with Crippen LogP contribution in [0.15, 0.2) is 23.8 Å². The molecule has 7 nitrogen and oxygen atoms in total. The SMILES string of the molecule is O=C(Nc1nccs1)C1CCCN1C(=O)C1CCN(c2ncc(C(F)(F)F)cc2Cl)CC1. The second kappa shape index (κ2) is 9.22. The quantitative estimate of drug-likeness (QED) is 0.703. The number of aromatic nitrogens is 2. The number of carbonyl (C=O) groups excluding carboxylic acids is 2. The van der Waals surface area contributed by atoms with Gasteiger partial charge in [0.1, 0.15) is 11.9 Å². The number of hydrogen-bond donors (Lipinski definition) is 1. The lowest BCUT2D eigenvalue weighted by molar-refractivity contribution is -0.140. The van der Waals surface area contributed by atoms with Crippen LogP contribution < -0.4 is 10.2 Å². The van der Waals surface area contributed by atoms with E-state index in [1.165, 1.54) is 11.3 Å². The van der Waals surface area contributed by atoms with Crippen LogP contribution in [0.2, 0.25) is 5.02 Å². The molecule has 2 aromatic heterocycles. The zero-order valence-electron chi connectivity index (χ0n) is 16.9. The molecule has 1 N–H and O–H groups in total. The monoisotopic (exact) mass is 487 g/mol. The van der Waals surface area contributed by atoms with E-state index in [-0.39, 0.29) is 28.6 Å². The van der Waals surface area contributed by atoms with Gasteiger partial charge >= 0.3 is 6.18 Å². The summed E-state index contributed by atoms with van der Waals surface area (Å²) < 4.78 is 38.5. The van der Waals surface area contributed by atoms with Crippen molar-refractivity contribution >= 4 is 45.7 Å². The van der Waals surface area contributed by atoms with Crippen molar-refractivity contribution < 1.29 is 22.8 Å². The number of alkyl halides is 3.